The minimum Gasteiger partial charge on any atom is -0.495 e. The van der Waals surface area contributed by atoms with Gasteiger partial charge in [-0.15, -0.1) is 0 Å². The van der Waals surface area contributed by atoms with Gasteiger partial charge in [-0.25, -0.2) is 17.2 Å². The van der Waals surface area contributed by atoms with Gasteiger partial charge in [0.25, 0.3) is 15.7 Å². The molecule has 0 radical (unpaired) electrons. The van der Waals surface area contributed by atoms with Crippen LogP contribution >= 0.6 is 0 Å². The number of nitro benzene ring substituents is 1. The molecule has 9 nitrogen and oxygen atoms in total. The number of nitrogens with zero attached hydrogens (tertiary/aromatic N) is 2. The van der Waals surface area contributed by atoms with Gasteiger partial charge in [0.2, 0.25) is 0 Å². The normalized spacial score (nSPS) is 11.3. The van der Waals surface area contributed by atoms with E-state index in [2.05, 4.69) is 15.2 Å². The third-order valence-corrected chi connectivity index (χ3v) is 5.57. The maximum Gasteiger partial charge on any atom is 0.295 e. The number of methoxy groups -OCH3 is 1. The van der Waals surface area contributed by atoms with Crippen LogP contribution in [0.1, 0.15) is 5.56 Å². The predicted molar refractivity (Wildman–Crippen MR) is 114 cm³/mol. The molecule has 0 aliphatic rings. The molecule has 0 saturated heterocycles. The van der Waals surface area contributed by atoms with E-state index in [4.69, 9.17) is 4.74 Å². The van der Waals surface area contributed by atoms with Crippen molar-refractivity contribution in [3.8, 4) is 5.75 Å². The van der Waals surface area contributed by atoms with Gasteiger partial charge in [-0.2, -0.15) is 5.10 Å². The zero-order chi connectivity index (χ0) is 23.3. The number of para-hydroxylation sites is 2. The average molecular weight is 462 g/mol. The van der Waals surface area contributed by atoms with Crippen molar-refractivity contribution in [2.45, 2.75) is 4.90 Å². The molecule has 32 heavy (non-hydrogen) atoms. The summed E-state index contributed by atoms with van der Waals surface area (Å²) >= 11 is 0. The number of hydrogen-bond donors (Lipinski definition) is 2. The number of hydrazone groups is 1. The molecular weight excluding hydrogens is 446 g/mol. The Labute approximate surface area is 181 Å². The number of nitrogens with one attached hydrogen (secondary N) is 2. The molecule has 166 valence electrons. The largest absolute Gasteiger partial charge is 0.495 e. The molecule has 3 aromatic rings. The second-order valence-corrected chi connectivity index (χ2v) is 7.93. The van der Waals surface area contributed by atoms with Crippen LogP contribution in [0, 0.1) is 21.7 Å². The van der Waals surface area contributed by atoms with Gasteiger partial charge in [-0.3, -0.25) is 20.3 Å². The van der Waals surface area contributed by atoms with Crippen molar-refractivity contribution in [1.82, 2.24) is 0 Å². The van der Waals surface area contributed by atoms with Crippen LogP contribution in [0.5, 0.6) is 5.75 Å². The fraction of sp³-hybridized carbons (Fsp3) is 0.0500. The molecule has 0 aliphatic heterocycles. The quantitative estimate of drug-likeness (QED) is 0.295. The Morgan fingerprint density at radius 2 is 1.72 bits per heavy atom. The molecule has 0 aromatic heterocycles. The van der Waals surface area contributed by atoms with Crippen LogP contribution in [0.25, 0.3) is 0 Å². The molecule has 0 heterocycles. The van der Waals surface area contributed by atoms with E-state index in [9.17, 15) is 27.3 Å². The zero-order valence-electron chi connectivity index (χ0n) is 16.5. The number of halogens is 2. The summed E-state index contributed by atoms with van der Waals surface area (Å²) in [5, 5.41) is 15.1. The highest BCUT2D eigenvalue weighted by atomic mass is 32.2. The van der Waals surface area contributed by atoms with Crippen LogP contribution in [0.3, 0.4) is 0 Å². The SMILES string of the molecule is COc1ccccc1NS(=O)(=O)c1ccc(NN=Cc2c(F)cccc2F)c([N+](=O)[O-])c1. The summed E-state index contributed by atoms with van der Waals surface area (Å²) in [6.45, 7) is 0. The van der Waals surface area contributed by atoms with Gasteiger partial charge in [0.05, 0.1) is 34.4 Å². The van der Waals surface area contributed by atoms with Crippen molar-refractivity contribution in [3.05, 3.63) is 88.0 Å². The summed E-state index contributed by atoms with van der Waals surface area (Å²) in [4.78, 5) is 10.3. The van der Waals surface area contributed by atoms with Crippen LogP contribution in [0.4, 0.5) is 25.8 Å². The van der Waals surface area contributed by atoms with Crippen molar-refractivity contribution in [1.29, 1.82) is 0 Å². The molecular formula is C20H16F2N4O5S. The van der Waals surface area contributed by atoms with Gasteiger partial charge >= 0.3 is 0 Å². The van der Waals surface area contributed by atoms with Crippen LogP contribution < -0.4 is 14.9 Å². The van der Waals surface area contributed by atoms with E-state index >= 15 is 0 Å². The average Bonchev–Trinajstić information content (AvgIpc) is 2.75. The molecule has 2 N–H and O–H groups in total. The molecule has 0 atom stereocenters. The standard InChI is InChI=1S/C20H16F2N4O5S/c1-31-20-8-3-2-7-18(20)25-32(29,30)13-9-10-17(19(11-13)26(27)28)24-23-12-14-15(21)5-4-6-16(14)22/h2-12,24-25H,1H3. The van der Waals surface area contributed by atoms with E-state index < -0.39 is 37.8 Å². The number of nitro groups is 1. The van der Waals surface area contributed by atoms with Crippen LogP contribution in [0.15, 0.2) is 70.7 Å². The number of anilines is 2. The summed E-state index contributed by atoms with van der Waals surface area (Å²) in [5.41, 5.74) is 1.22. The molecule has 0 amide bonds. The van der Waals surface area contributed by atoms with E-state index in [1.165, 1.54) is 19.2 Å². The second kappa shape index (κ2) is 9.39. The van der Waals surface area contributed by atoms with Crippen molar-refractivity contribution in [2.24, 2.45) is 5.10 Å². The fourth-order valence-corrected chi connectivity index (χ4v) is 3.75. The van der Waals surface area contributed by atoms with E-state index in [1.807, 2.05) is 0 Å². The second-order valence-electron chi connectivity index (χ2n) is 6.25. The highest BCUT2D eigenvalue weighted by Crippen LogP contribution is 2.30. The van der Waals surface area contributed by atoms with E-state index in [-0.39, 0.29) is 22.0 Å². The Hall–Kier alpha value is -4.06. The Morgan fingerprint density at radius 3 is 2.38 bits per heavy atom. The number of sulfonamides is 1. The summed E-state index contributed by atoms with van der Waals surface area (Å²) in [5.74, 6) is -1.47. The highest BCUT2D eigenvalue weighted by Gasteiger charge is 2.22. The minimum absolute atomic E-state index is 0.149. The molecule has 12 heteroatoms. The van der Waals surface area contributed by atoms with E-state index in [0.29, 0.717) is 0 Å². The molecule has 0 fully saturated rings. The molecule has 0 saturated carbocycles. The summed E-state index contributed by atoms with van der Waals surface area (Å²) < 4.78 is 60.1. The number of rotatable bonds is 8. The summed E-state index contributed by atoms with van der Waals surface area (Å²) in [6.07, 6.45) is 0.822. The van der Waals surface area contributed by atoms with Gasteiger partial charge < -0.3 is 4.74 Å². The van der Waals surface area contributed by atoms with Gasteiger partial charge in [-0.1, -0.05) is 18.2 Å². The van der Waals surface area contributed by atoms with Gasteiger partial charge in [0.1, 0.15) is 23.1 Å². The van der Waals surface area contributed by atoms with Crippen molar-refractivity contribution in [3.63, 3.8) is 0 Å². The smallest absolute Gasteiger partial charge is 0.295 e. The number of ether oxygens (including phenoxy) is 1. The first-order valence-corrected chi connectivity index (χ1v) is 10.4. The summed E-state index contributed by atoms with van der Waals surface area (Å²) in [6, 6.07) is 12.6. The molecule has 0 unspecified atom stereocenters. The van der Waals surface area contributed by atoms with Crippen molar-refractivity contribution in [2.75, 3.05) is 17.3 Å². The van der Waals surface area contributed by atoms with Crippen LogP contribution in [-0.2, 0) is 10.0 Å². The third kappa shape index (κ3) is 4.98. The van der Waals surface area contributed by atoms with Gasteiger partial charge in [-0.05, 0) is 36.4 Å². The van der Waals surface area contributed by atoms with Crippen molar-refractivity contribution < 1.29 is 26.9 Å². The van der Waals surface area contributed by atoms with Gasteiger partial charge in [0.15, 0.2) is 0 Å². The highest BCUT2D eigenvalue weighted by molar-refractivity contribution is 7.92. The lowest BCUT2D eigenvalue weighted by Gasteiger charge is -2.12. The first-order chi connectivity index (χ1) is 15.2. The lowest BCUT2D eigenvalue weighted by molar-refractivity contribution is -0.384. The third-order valence-electron chi connectivity index (χ3n) is 4.21. The molecule has 0 spiro atoms. The lowest BCUT2D eigenvalue weighted by atomic mass is 10.2. The molecule has 0 bridgehead atoms. The lowest BCUT2D eigenvalue weighted by Crippen LogP contribution is -2.14. The summed E-state index contributed by atoms with van der Waals surface area (Å²) in [7, 11) is -2.83. The van der Waals surface area contributed by atoms with Crippen LogP contribution in [0.2, 0.25) is 0 Å². The zero-order valence-corrected chi connectivity index (χ0v) is 17.3. The topological polar surface area (TPSA) is 123 Å². The Morgan fingerprint density at radius 1 is 1.03 bits per heavy atom. The minimum atomic E-state index is -4.19. The van der Waals surface area contributed by atoms with Crippen LogP contribution in [-0.4, -0.2) is 26.7 Å². The van der Waals surface area contributed by atoms with Gasteiger partial charge in [0, 0.05) is 6.07 Å². The first-order valence-electron chi connectivity index (χ1n) is 8.90. The Bertz CT molecular complexity index is 1280. The van der Waals surface area contributed by atoms with E-state index in [1.54, 1.807) is 18.2 Å². The van der Waals surface area contributed by atoms with Crippen molar-refractivity contribution >= 4 is 33.3 Å². The number of benzene rings is 3. The number of hydrogen-bond acceptors (Lipinski definition) is 7. The fourth-order valence-electron chi connectivity index (χ4n) is 2.66. The first kappa shape index (κ1) is 22.6. The molecule has 3 rings (SSSR count). The maximum absolute atomic E-state index is 13.7. The van der Waals surface area contributed by atoms with E-state index in [0.717, 1.165) is 36.5 Å². The molecule has 0 aliphatic carbocycles. The predicted octanol–water partition coefficient (Wildman–Crippen LogP) is 4.13. The maximum atomic E-state index is 13.7. The molecule has 3 aromatic carbocycles. The Balaban J connectivity index is 1.89. The monoisotopic (exact) mass is 462 g/mol. The Kier molecular flexibility index (Phi) is 6.64.